The van der Waals surface area contributed by atoms with Crippen molar-refractivity contribution in [3.8, 4) is 28.3 Å². The van der Waals surface area contributed by atoms with Crippen LogP contribution in [0.15, 0.2) is 72.9 Å². The van der Waals surface area contributed by atoms with Crippen LogP contribution in [0.4, 0.5) is 11.4 Å². The largest absolute Gasteiger partial charge is 0.372 e. The summed E-state index contributed by atoms with van der Waals surface area (Å²) in [6, 6.07) is 24.0. The predicted molar refractivity (Wildman–Crippen MR) is 144 cm³/mol. The lowest BCUT2D eigenvalue weighted by Gasteiger charge is -2.36. The van der Waals surface area contributed by atoms with Gasteiger partial charge in [-0.05, 0) is 49.2 Å². The van der Waals surface area contributed by atoms with Gasteiger partial charge in [-0.25, -0.2) is 0 Å². The maximum atomic E-state index is 12.2. The van der Waals surface area contributed by atoms with Crippen molar-refractivity contribution in [3.05, 3.63) is 78.5 Å². The molecule has 1 aromatic heterocycles. The van der Waals surface area contributed by atoms with Gasteiger partial charge in [0.1, 0.15) is 0 Å². The molecule has 6 heteroatoms. The van der Waals surface area contributed by atoms with E-state index in [4.69, 9.17) is 15.0 Å². The minimum Gasteiger partial charge on any atom is -0.372 e. The molecule has 1 fully saturated rings. The molecule has 1 saturated heterocycles. The Morgan fingerprint density at radius 2 is 1.61 bits per heavy atom. The van der Waals surface area contributed by atoms with Gasteiger partial charge >= 0.3 is 0 Å². The number of nitrogens with zero attached hydrogens (tertiary/aromatic N) is 3. The molecule has 0 bridgehead atoms. The van der Waals surface area contributed by atoms with Crippen molar-refractivity contribution in [2.75, 3.05) is 23.3 Å². The fourth-order valence-corrected chi connectivity index (χ4v) is 4.95. The molecule has 3 aromatic carbocycles. The van der Waals surface area contributed by atoms with E-state index >= 15 is 0 Å². The summed E-state index contributed by atoms with van der Waals surface area (Å²) in [5.41, 5.74) is 7.05. The molecule has 1 N–H and O–H groups in total. The average Bonchev–Trinajstić information content (AvgIpc) is 2.88. The summed E-state index contributed by atoms with van der Waals surface area (Å²) < 4.78 is 5.87. The SMILES string of the molecule is CC(=O)Nc1c(-c2ccc(N3C[C@@H](C)O[C@@H](C)C3)cc2)cnc2c(-c3ccc(C#N)cc3)cccc12. The number of carbonyl (C=O) groups excluding carboxylic acids is 1. The second-order valence-corrected chi connectivity index (χ2v) is 9.33. The van der Waals surface area contributed by atoms with E-state index in [-0.39, 0.29) is 18.1 Å². The lowest BCUT2D eigenvalue weighted by Crippen LogP contribution is -2.45. The van der Waals surface area contributed by atoms with Crippen LogP contribution in [0.2, 0.25) is 0 Å². The highest BCUT2D eigenvalue weighted by Gasteiger charge is 2.22. The third kappa shape index (κ3) is 4.66. The number of carbonyl (C=O) groups is 1. The van der Waals surface area contributed by atoms with E-state index in [2.05, 4.69) is 54.4 Å². The number of nitrogens with one attached hydrogen (secondary N) is 1. The molecule has 0 spiro atoms. The fraction of sp³-hybridized carbons (Fsp3) is 0.233. The van der Waals surface area contributed by atoms with Crippen molar-refractivity contribution in [2.45, 2.75) is 33.0 Å². The zero-order chi connectivity index (χ0) is 25.2. The lowest BCUT2D eigenvalue weighted by molar-refractivity contribution is -0.114. The fourth-order valence-electron chi connectivity index (χ4n) is 4.95. The first-order valence-electron chi connectivity index (χ1n) is 12.1. The molecule has 2 atom stereocenters. The highest BCUT2D eigenvalue weighted by Crippen LogP contribution is 2.38. The monoisotopic (exact) mass is 476 g/mol. The van der Waals surface area contributed by atoms with Gasteiger partial charge in [-0.1, -0.05) is 42.5 Å². The van der Waals surface area contributed by atoms with Crippen molar-refractivity contribution in [2.24, 2.45) is 0 Å². The molecule has 0 saturated carbocycles. The van der Waals surface area contributed by atoms with Gasteiger partial charge in [-0.3, -0.25) is 9.78 Å². The van der Waals surface area contributed by atoms with Crippen molar-refractivity contribution < 1.29 is 9.53 Å². The van der Waals surface area contributed by atoms with Crippen LogP contribution < -0.4 is 10.2 Å². The zero-order valence-corrected chi connectivity index (χ0v) is 20.7. The molecule has 180 valence electrons. The molecular weight excluding hydrogens is 448 g/mol. The quantitative estimate of drug-likeness (QED) is 0.390. The number of para-hydroxylation sites is 1. The maximum absolute atomic E-state index is 12.2. The Balaban J connectivity index is 1.57. The van der Waals surface area contributed by atoms with E-state index in [1.165, 1.54) is 6.92 Å². The molecule has 6 nitrogen and oxygen atoms in total. The van der Waals surface area contributed by atoms with Crippen LogP contribution in [-0.4, -0.2) is 36.2 Å². The van der Waals surface area contributed by atoms with Gasteiger partial charge in [0, 0.05) is 48.4 Å². The van der Waals surface area contributed by atoms with Gasteiger partial charge < -0.3 is 15.0 Å². The molecule has 0 radical (unpaired) electrons. The lowest BCUT2D eigenvalue weighted by atomic mass is 9.97. The Labute approximate surface area is 211 Å². The van der Waals surface area contributed by atoms with Crippen molar-refractivity contribution in [1.82, 2.24) is 4.98 Å². The number of rotatable bonds is 4. The molecule has 1 aliphatic rings. The molecule has 0 aliphatic carbocycles. The minimum atomic E-state index is -0.138. The third-order valence-corrected chi connectivity index (χ3v) is 6.49. The van der Waals surface area contributed by atoms with Crippen molar-refractivity contribution >= 4 is 28.2 Å². The summed E-state index contributed by atoms with van der Waals surface area (Å²) in [4.78, 5) is 19.4. The number of fused-ring (bicyclic) bond motifs is 1. The minimum absolute atomic E-state index is 0.138. The molecule has 0 unspecified atom stereocenters. The standard InChI is InChI=1S/C30H28N4O2/c1-19-17-34(18-20(2)36-19)25-13-11-24(12-14-25)28-16-32-29-26(23-9-7-22(15-31)8-10-23)5-4-6-27(29)30(28)33-21(3)35/h4-14,16,19-20H,17-18H2,1-3H3,(H,32,33,35)/t19-,20+. The predicted octanol–water partition coefficient (Wildman–Crippen LogP) is 6.01. The number of aromatic nitrogens is 1. The number of ether oxygens (including phenoxy) is 1. The Kier molecular flexibility index (Phi) is 6.41. The first kappa shape index (κ1) is 23.5. The summed E-state index contributed by atoms with van der Waals surface area (Å²) >= 11 is 0. The Hall–Kier alpha value is -4.21. The van der Waals surface area contributed by atoms with E-state index in [1.807, 2.05) is 36.5 Å². The number of pyridine rings is 1. The molecule has 36 heavy (non-hydrogen) atoms. The van der Waals surface area contributed by atoms with Gasteiger partial charge in [0.25, 0.3) is 0 Å². The number of hydrogen-bond donors (Lipinski definition) is 1. The number of benzene rings is 3. The molecule has 4 aromatic rings. The number of hydrogen-bond acceptors (Lipinski definition) is 5. The Morgan fingerprint density at radius 1 is 0.972 bits per heavy atom. The molecule has 5 rings (SSSR count). The zero-order valence-electron chi connectivity index (χ0n) is 20.7. The summed E-state index contributed by atoms with van der Waals surface area (Å²) in [5.74, 6) is -0.138. The van der Waals surface area contributed by atoms with Crippen LogP contribution in [0.5, 0.6) is 0 Å². The Bertz CT molecular complexity index is 1450. The first-order valence-corrected chi connectivity index (χ1v) is 12.1. The molecule has 1 amide bonds. The highest BCUT2D eigenvalue weighted by molar-refractivity contribution is 6.09. The number of amides is 1. The van der Waals surface area contributed by atoms with Crippen LogP contribution in [-0.2, 0) is 9.53 Å². The summed E-state index contributed by atoms with van der Waals surface area (Å²) in [6.07, 6.45) is 2.21. The van der Waals surface area contributed by atoms with Gasteiger partial charge in [-0.15, -0.1) is 0 Å². The van der Waals surface area contributed by atoms with Gasteiger partial charge in [0.05, 0.1) is 35.0 Å². The second kappa shape index (κ2) is 9.80. The summed E-state index contributed by atoms with van der Waals surface area (Å²) in [6.45, 7) is 7.44. The topological polar surface area (TPSA) is 78.2 Å². The summed E-state index contributed by atoms with van der Waals surface area (Å²) in [7, 11) is 0. The second-order valence-electron chi connectivity index (χ2n) is 9.33. The highest BCUT2D eigenvalue weighted by atomic mass is 16.5. The van der Waals surface area contributed by atoms with Gasteiger partial charge in [0.2, 0.25) is 5.91 Å². The van der Waals surface area contributed by atoms with Crippen LogP contribution in [0.25, 0.3) is 33.2 Å². The normalized spacial score (nSPS) is 17.6. The van der Waals surface area contributed by atoms with Crippen molar-refractivity contribution in [3.63, 3.8) is 0 Å². The van der Waals surface area contributed by atoms with Crippen LogP contribution in [0.1, 0.15) is 26.3 Å². The van der Waals surface area contributed by atoms with Crippen LogP contribution in [0, 0.1) is 11.3 Å². The van der Waals surface area contributed by atoms with Crippen LogP contribution >= 0.6 is 0 Å². The number of anilines is 2. The maximum Gasteiger partial charge on any atom is 0.221 e. The third-order valence-electron chi connectivity index (χ3n) is 6.49. The van der Waals surface area contributed by atoms with Gasteiger partial charge in [-0.2, -0.15) is 5.26 Å². The molecule has 1 aliphatic heterocycles. The average molecular weight is 477 g/mol. The molecular formula is C30H28N4O2. The van der Waals surface area contributed by atoms with Crippen molar-refractivity contribution in [1.29, 1.82) is 5.26 Å². The van der Waals surface area contributed by atoms with E-state index in [9.17, 15) is 4.79 Å². The van der Waals surface area contributed by atoms with E-state index in [0.29, 0.717) is 5.56 Å². The molecule has 2 heterocycles. The number of morpholine rings is 1. The van der Waals surface area contributed by atoms with Gasteiger partial charge in [0.15, 0.2) is 0 Å². The smallest absolute Gasteiger partial charge is 0.221 e. The summed E-state index contributed by atoms with van der Waals surface area (Å²) in [5, 5.41) is 13.1. The number of nitriles is 1. The Morgan fingerprint density at radius 3 is 2.25 bits per heavy atom. The van der Waals surface area contributed by atoms with E-state index in [1.54, 1.807) is 12.1 Å². The first-order chi connectivity index (χ1) is 17.4. The van der Waals surface area contributed by atoms with E-state index in [0.717, 1.165) is 57.6 Å². The van der Waals surface area contributed by atoms with Crippen LogP contribution in [0.3, 0.4) is 0 Å². The van der Waals surface area contributed by atoms with E-state index < -0.39 is 0 Å².